The third-order valence-electron chi connectivity index (χ3n) is 2.36. The van der Waals surface area contributed by atoms with Crippen molar-refractivity contribution in [2.75, 3.05) is 5.73 Å². The zero-order valence-electron chi connectivity index (χ0n) is 10.8. The summed E-state index contributed by atoms with van der Waals surface area (Å²) in [7, 11) is 0. The maximum atomic E-state index is 5.72. The Morgan fingerprint density at radius 2 is 2.11 bits per heavy atom. The molecule has 0 spiro atoms. The Balaban J connectivity index is 2.01. The quantitative estimate of drug-likeness (QED) is 0.680. The molecule has 2 rings (SSSR count). The lowest BCUT2D eigenvalue weighted by atomic mass is 9.96. The van der Waals surface area contributed by atoms with Crippen molar-refractivity contribution in [3.8, 4) is 0 Å². The van der Waals surface area contributed by atoms with Gasteiger partial charge in [0.2, 0.25) is 5.89 Å². The number of nitrogens with zero attached hydrogens (tertiary/aromatic N) is 2. The van der Waals surface area contributed by atoms with Gasteiger partial charge in [0, 0.05) is 16.0 Å². The number of nitrogens with two attached hydrogens (primary N) is 1. The van der Waals surface area contributed by atoms with Gasteiger partial charge in [-0.05, 0) is 18.2 Å². The van der Waals surface area contributed by atoms with Gasteiger partial charge >= 0.3 is 0 Å². The summed E-state index contributed by atoms with van der Waals surface area (Å²) in [5.74, 6) is 2.05. The second-order valence-electron chi connectivity index (χ2n) is 5.12. The van der Waals surface area contributed by atoms with Gasteiger partial charge in [-0.25, -0.2) is 0 Å². The summed E-state index contributed by atoms with van der Waals surface area (Å²) < 4.78 is 5.23. The van der Waals surface area contributed by atoms with Crippen LogP contribution in [-0.2, 0) is 11.2 Å². The zero-order chi connectivity index (χ0) is 13.2. The first-order valence-electron chi connectivity index (χ1n) is 5.76. The van der Waals surface area contributed by atoms with Crippen LogP contribution in [-0.4, -0.2) is 10.1 Å². The summed E-state index contributed by atoms with van der Waals surface area (Å²) in [6, 6.07) is 7.76. The van der Waals surface area contributed by atoms with Gasteiger partial charge in [-0.15, -0.1) is 11.8 Å². The molecular weight excluding hydrogens is 246 g/mol. The Morgan fingerprint density at radius 1 is 1.33 bits per heavy atom. The molecule has 5 heteroatoms. The predicted molar refractivity (Wildman–Crippen MR) is 73.4 cm³/mol. The number of hydrogen-bond donors (Lipinski definition) is 1. The van der Waals surface area contributed by atoms with Crippen LogP contribution in [0.2, 0.25) is 0 Å². The number of rotatable bonds is 3. The maximum Gasteiger partial charge on any atom is 0.237 e. The summed E-state index contributed by atoms with van der Waals surface area (Å²) in [5.41, 5.74) is 6.41. The van der Waals surface area contributed by atoms with Gasteiger partial charge in [-0.1, -0.05) is 32.0 Å². The second-order valence-corrected chi connectivity index (χ2v) is 6.17. The van der Waals surface area contributed by atoms with Crippen LogP contribution in [0.15, 0.2) is 33.7 Å². The number of benzene rings is 1. The Bertz CT molecular complexity index is 531. The van der Waals surface area contributed by atoms with Gasteiger partial charge < -0.3 is 10.3 Å². The van der Waals surface area contributed by atoms with Crippen LogP contribution in [0.1, 0.15) is 32.5 Å². The van der Waals surface area contributed by atoms with Crippen LogP contribution >= 0.6 is 11.8 Å². The van der Waals surface area contributed by atoms with E-state index < -0.39 is 0 Å². The van der Waals surface area contributed by atoms with E-state index in [1.807, 2.05) is 24.3 Å². The molecule has 18 heavy (non-hydrogen) atoms. The third-order valence-corrected chi connectivity index (χ3v) is 3.34. The van der Waals surface area contributed by atoms with E-state index >= 15 is 0 Å². The Kier molecular flexibility index (Phi) is 3.61. The fourth-order valence-corrected chi connectivity index (χ4v) is 2.17. The van der Waals surface area contributed by atoms with E-state index in [2.05, 4.69) is 30.9 Å². The highest BCUT2D eigenvalue weighted by Gasteiger charge is 2.20. The zero-order valence-corrected chi connectivity index (χ0v) is 11.6. The number of aromatic nitrogens is 2. The molecule has 1 aromatic heterocycles. The molecule has 0 bridgehead atoms. The van der Waals surface area contributed by atoms with Crippen LogP contribution in [0.4, 0.5) is 5.69 Å². The van der Waals surface area contributed by atoms with Crippen molar-refractivity contribution in [2.45, 2.75) is 36.8 Å². The molecule has 0 unspecified atom stereocenters. The second kappa shape index (κ2) is 5.02. The fourth-order valence-electron chi connectivity index (χ4n) is 1.37. The maximum absolute atomic E-state index is 5.72. The summed E-state index contributed by atoms with van der Waals surface area (Å²) in [6.07, 6.45) is 0. The highest BCUT2D eigenvalue weighted by Crippen LogP contribution is 2.25. The van der Waals surface area contributed by atoms with Gasteiger partial charge in [0.1, 0.15) is 0 Å². The van der Waals surface area contributed by atoms with E-state index in [4.69, 9.17) is 10.3 Å². The SMILES string of the molecule is CC(C)(C)c1noc(CSc2cccc(N)c2)n1. The monoisotopic (exact) mass is 263 g/mol. The normalized spacial score (nSPS) is 11.7. The molecule has 1 aromatic carbocycles. The molecule has 0 radical (unpaired) electrons. The van der Waals surface area contributed by atoms with Crippen LogP contribution < -0.4 is 5.73 Å². The van der Waals surface area contributed by atoms with Gasteiger partial charge in [0.05, 0.1) is 5.75 Å². The largest absolute Gasteiger partial charge is 0.399 e. The minimum absolute atomic E-state index is 0.0798. The van der Waals surface area contributed by atoms with Gasteiger partial charge in [0.15, 0.2) is 5.82 Å². The van der Waals surface area contributed by atoms with Crippen molar-refractivity contribution in [3.63, 3.8) is 0 Å². The summed E-state index contributed by atoms with van der Waals surface area (Å²) in [5, 5.41) is 3.99. The molecule has 0 amide bonds. The molecular formula is C13H17N3OS. The molecule has 2 aromatic rings. The number of hydrogen-bond acceptors (Lipinski definition) is 5. The first-order valence-corrected chi connectivity index (χ1v) is 6.75. The summed E-state index contributed by atoms with van der Waals surface area (Å²) in [4.78, 5) is 5.49. The molecule has 0 saturated heterocycles. The van der Waals surface area contributed by atoms with Crippen molar-refractivity contribution >= 4 is 17.4 Å². The number of nitrogen functional groups attached to an aromatic ring is 1. The van der Waals surface area contributed by atoms with Crippen molar-refractivity contribution in [3.05, 3.63) is 36.0 Å². The highest BCUT2D eigenvalue weighted by molar-refractivity contribution is 7.98. The topological polar surface area (TPSA) is 64.9 Å². The minimum Gasteiger partial charge on any atom is -0.399 e. The van der Waals surface area contributed by atoms with E-state index in [0.29, 0.717) is 11.6 Å². The van der Waals surface area contributed by atoms with E-state index in [-0.39, 0.29) is 5.41 Å². The fraction of sp³-hybridized carbons (Fsp3) is 0.385. The minimum atomic E-state index is -0.0798. The number of anilines is 1. The summed E-state index contributed by atoms with van der Waals surface area (Å²) >= 11 is 1.64. The average molecular weight is 263 g/mol. The van der Waals surface area contributed by atoms with Crippen molar-refractivity contribution in [1.82, 2.24) is 10.1 Å². The van der Waals surface area contributed by atoms with Crippen molar-refractivity contribution in [2.24, 2.45) is 0 Å². The van der Waals surface area contributed by atoms with Crippen molar-refractivity contribution < 1.29 is 4.52 Å². The molecule has 0 atom stereocenters. The lowest BCUT2D eigenvalue weighted by Gasteiger charge is -2.10. The molecule has 0 fully saturated rings. The van der Waals surface area contributed by atoms with Crippen LogP contribution in [0.5, 0.6) is 0 Å². The molecule has 2 N–H and O–H groups in total. The van der Waals surface area contributed by atoms with Gasteiger partial charge in [-0.2, -0.15) is 4.98 Å². The lowest BCUT2D eigenvalue weighted by Crippen LogP contribution is -2.13. The first-order chi connectivity index (χ1) is 8.45. The molecule has 0 saturated carbocycles. The average Bonchev–Trinajstić information content (AvgIpc) is 2.74. The predicted octanol–water partition coefficient (Wildman–Crippen LogP) is 3.24. The smallest absolute Gasteiger partial charge is 0.237 e. The van der Waals surface area contributed by atoms with Crippen LogP contribution in [0.3, 0.4) is 0 Å². The summed E-state index contributed by atoms with van der Waals surface area (Å²) in [6.45, 7) is 6.19. The molecule has 4 nitrogen and oxygen atoms in total. The number of thioether (sulfide) groups is 1. The van der Waals surface area contributed by atoms with Gasteiger partial charge in [0.25, 0.3) is 0 Å². The Morgan fingerprint density at radius 3 is 2.72 bits per heavy atom. The molecule has 0 aliphatic heterocycles. The van der Waals surface area contributed by atoms with E-state index in [0.717, 1.165) is 16.4 Å². The molecule has 1 heterocycles. The Hall–Kier alpha value is -1.49. The van der Waals surface area contributed by atoms with E-state index in [9.17, 15) is 0 Å². The molecule has 0 aliphatic rings. The van der Waals surface area contributed by atoms with E-state index in [1.165, 1.54) is 0 Å². The Labute approximate surface area is 111 Å². The van der Waals surface area contributed by atoms with Crippen molar-refractivity contribution in [1.29, 1.82) is 0 Å². The van der Waals surface area contributed by atoms with E-state index in [1.54, 1.807) is 11.8 Å². The third kappa shape index (κ3) is 3.26. The first kappa shape index (κ1) is 13.0. The highest BCUT2D eigenvalue weighted by atomic mass is 32.2. The van der Waals surface area contributed by atoms with Crippen LogP contribution in [0.25, 0.3) is 0 Å². The van der Waals surface area contributed by atoms with Gasteiger partial charge in [-0.3, -0.25) is 0 Å². The molecule has 96 valence electrons. The lowest BCUT2D eigenvalue weighted by molar-refractivity contribution is 0.373. The molecule has 0 aliphatic carbocycles. The standard InChI is InChI=1S/C13H17N3OS/c1-13(2,3)12-15-11(17-16-12)8-18-10-6-4-5-9(14)7-10/h4-7H,8,14H2,1-3H3. The van der Waals surface area contributed by atoms with Crippen LogP contribution in [0, 0.1) is 0 Å².